The van der Waals surface area contributed by atoms with Crippen LogP contribution in [0.3, 0.4) is 0 Å². The average Bonchev–Trinajstić information content (AvgIpc) is 3.22. The lowest BCUT2D eigenvalue weighted by Gasteiger charge is -2.26. The van der Waals surface area contributed by atoms with E-state index >= 15 is 0 Å². The summed E-state index contributed by atoms with van der Waals surface area (Å²) < 4.78 is 1.82. The molecule has 1 fully saturated rings. The number of piperidine rings is 1. The summed E-state index contributed by atoms with van der Waals surface area (Å²) in [4.78, 5) is 15.1. The van der Waals surface area contributed by atoms with Gasteiger partial charge in [0.2, 0.25) is 5.91 Å². The van der Waals surface area contributed by atoms with Crippen molar-refractivity contribution in [2.24, 2.45) is 0 Å². The van der Waals surface area contributed by atoms with Crippen LogP contribution < -0.4 is 5.32 Å². The predicted molar refractivity (Wildman–Crippen MR) is 121 cm³/mol. The highest BCUT2D eigenvalue weighted by Crippen LogP contribution is 2.31. The molecule has 1 saturated heterocycles. The molecule has 1 amide bonds. The normalized spacial score (nSPS) is 14.5. The number of carbonyl (C=O) groups is 1. The second-order valence-corrected chi connectivity index (χ2v) is 7.90. The van der Waals surface area contributed by atoms with E-state index in [4.69, 9.17) is 0 Å². The van der Waals surface area contributed by atoms with Crippen LogP contribution in [0.25, 0.3) is 22.4 Å². The molecule has 1 aliphatic rings. The fraction of sp³-hybridized carbons (Fsp3) is 0.360. The van der Waals surface area contributed by atoms with Gasteiger partial charge in [-0.25, -0.2) is 0 Å². The van der Waals surface area contributed by atoms with Crippen molar-refractivity contribution in [1.29, 1.82) is 0 Å². The molecule has 2 heterocycles. The summed E-state index contributed by atoms with van der Waals surface area (Å²) in [6.45, 7) is 4.40. The number of hydrogen-bond donors (Lipinski definition) is 1. The molecule has 0 spiro atoms. The molecule has 0 saturated carbocycles. The average molecular weight is 403 g/mol. The van der Waals surface area contributed by atoms with Crippen molar-refractivity contribution in [3.05, 3.63) is 66.9 Å². The monoisotopic (exact) mass is 402 g/mol. The minimum absolute atomic E-state index is 0.00790. The van der Waals surface area contributed by atoms with E-state index in [2.05, 4.69) is 39.6 Å². The molecule has 0 atom stereocenters. The molecule has 4 rings (SSSR count). The van der Waals surface area contributed by atoms with Crippen molar-refractivity contribution in [1.82, 2.24) is 20.0 Å². The van der Waals surface area contributed by atoms with E-state index in [1.54, 1.807) is 0 Å². The fourth-order valence-corrected chi connectivity index (χ4v) is 4.14. The fourth-order valence-electron chi connectivity index (χ4n) is 4.14. The Kier molecular flexibility index (Phi) is 6.93. The first-order valence-electron chi connectivity index (χ1n) is 11.0. The molecule has 1 aliphatic heterocycles. The first-order chi connectivity index (χ1) is 14.8. The lowest BCUT2D eigenvalue weighted by atomic mass is 10.0. The number of amides is 1. The Morgan fingerprint density at radius 3 is 2.27 bits per heavy atom. The van der Waals surface area contributed by atoms with Gasteiger partial charge in [0.25, 0.3) is 0 Å². The topological polar surface area (TPSA) is 50.2 Å². The lowest BCUT2D eigenvalue weighted by molar-refractivity contribution is -0.121. The van der Waals surface area contributed by atoms with Crippen LogP contribution in [0.15, 0.2) is 66.9 Å². The quantitative estimate of drug-likeness (QED) is 0.574. The van der Waals surface area contributed by atoms with Gasteiger partial charge in [-0.05, 0) is 44.5 Å². The van der Waals surface area contributed by atoms with Crippen LogP contribution in [0.2, 0.25) is 0 Å². The van der Waals surface area contributed by atoms with E-state index in [1.165, 1.54) is 32.4 Å². The number of nitrogens with one attached hydrogen (secondary N) is 1. The molecule has 3 aromatic rings. The molecule has 30 heavy (non-hydrogen) atoms. The summed E-state index contributed by atoms with van der Waals surface area (Å²) >= 11 is 0. The van der Waals surface area contributed by atoms with Crippen LogP contribution in [0.1, 0.15) is 25.7 Å². The largest absolute Gasteiger partial charge is 0.354 e. The van der Waals surface area contributed by atoms with Crippen molar-refractivity contribution in [2.75, 3.05) is 26.2 Å². The summed E-state index contributed by atoms with van der Waals surface area (Å²) in [5.74, 6) is 0.00790. The minimum Gasteiger partial charge on any atom is -0.354 e. The summed E-state index contributed by atoms with van der Waals surface area (Å²) in [5.41, 5.74) is 4.18. The number of nitrogens with zero attached hydrogens (tertiary/aromatic N) is 3. The predicted octanol–water partition coefficient (Wildman–Crippen LogP) is 4.21. The zero-order chi connectivity index (χ0) is 20.6. The first kappa shape index (κ1) is 20.4. The summed E-state index contributed by atoms with van der Waals surface area (Å²) in [6.07, 6.45) is 6.81. The van der Waals surface area contributed by atoms with Crippen LogP contribution in [-0.4, -0.2) is 46.8 Å². The Bertz CT molecular complexity index is 930. The van der Waals surface area contributed by atoms with Crippen molar-refractivity contribution in [3.63, 3.8) is 0 Å². The van der Waals surface area contributed by atoms with Gasteiger partial charge in [-0.15, -0.1) is 0 Å². The number of benzene rings is 2. The Balaban J connectivity index is 1.42. The number of rotatable bonds is 8. The molecule has 0 bridgehead atoms. The highest BCUT2D eigenvalue weighted by atomic mass is 16.2. The van der Waals surface area contributed by atoms with Crippen molar-refractivity contribution in [3.8, 4) is 22.4 Å². The van der Waals surface area contributed by atoms with Crippen LogP contribution in [0.4, 0.5) is 0 Å². The number of hydrogen-bond acceptors (Lipinski definition) is 3. The molecular weight excluding hydrogens is 372 g/mol. The number of carbonyl (C=O) groups excluding carboxylic acids is 1. The molecular formula is C25H30N4O. The summed E-state index contributed by atoms with van der Waals surface area (Å²) in [6, 6.07) is 20.4. The van der Waals surface area contributed by atoms with Gasteiger partial charge >= 0.3 is 0 Å². The molecule has 5 nitrogen and oxygen atoms in total. The standard InChI is InChI=1S/C25H30N4O/c30-24(26-15-10-18-28-16-8-3-9-17-28)20-29-25(22-13-6-2-7-14-22)23(19-27-29)21-11-4-1-5-12-21/h1-2,4-7,11-14,19H,3,8-10,15-18,20H2,(H,26,30). The molecule has 5 heteroatoms. The Morgan fingerprint density at radius 2 is 1.57 bits per heavy atom. The highest BCUT2D eigenvalue weighted by molar-refractivity contribution is 5.82. The van der Waals surface area contributed by atoms with Crippen LogP contribution in [-0.2, 0) is 11.3 Å². The Labute approximate surface area is 178 Å². The molecule has 2 aromatic carbocycles. The molecule has 0 aliphatic carbocycles. The van der Waals surface area contributed by atoms with Crippen molar-refractivity contribution in [2.45, 2.75) is 32.2 Å². The van der Waals surface area contributed by atoms with E-state index in [1.807, 2.05) is 47.3 Å². The minimum atomic E-state index is 0.00790. The second-order valence-electron chi connectivity index (χ2n) is 7.90. The lowest BCUT2D eigenvalue weighted by Crippen LogP contribution is -2.34. The zero-order valence-electron chi connectivity index (χ0n) is 17.5. The molecule has 1 aromatic heterocycles. The Hall–Kier alpha value is -2.92. The zero-order valence-corrected chi connectivity index (χ0v) is 17.5. The highest BCUT2D eigenvalue weighted by Gasteiger charge is 2.16. The molecule has 0 radical (unpaired) electrons. The third kappa shape index (κ3) is 5.16. The van der Waals surface area contributed by atoms with Gasteiger partial charge in [0, 0.05) is 17.7 Å². The maximum absolute atomic E-state index is 12.6. The third-order valence-electron chi connectivity index (χ3n) is 5.69. The van der Waals surface area contributed by atoms with E-state index < -0.39 is 0 Å². The van der Waals surface area contributed by atoms with Crippen LogP contribution in [0.5, 0.6) is 0 Å². The SMILES string of the molecule is O=C(Cn1ncc(-c2ccccc2)c1-c1ccccc1)NCCCN1CCCCC1. The van der Waals surface area contributed by atoms with Gasteiger partial charge in [-0.1, -0.05) is 67.1 Å². The van der Waals surface area contributed by atoms with E-state index in [0.29, 0.717) is 6.54 Å². The molecule has 0 unspecified atom stereocenters. The number of likely N-dealkylation sites (tertiary alicyclic amines) is 1. The Morgan fingerprint density at radius 1 is 0.900 bits per heavy atom. The maximum atomic E-state index is 12.6. The maximum Gasteiger partial charge on any atom is 0.241 e. The van der Waals surface area contributed by atoms with Crippen LogP contribution >= 0.6 is 0 Å². The molecule has 1 N–H and O–H groups in total. The van der Waals surface area contributed by atoms with Gasteiger partial charge in [0.1, 0.15) is 6.54 Å². The second kappa shape index (κ2) is 10.2. The first-order valence-corrected chi connectivity index (χ1v) is 11.0. The van der Waals surface area contributed by atoms with Gasteiger partial charge in [-0.2, -0.15) is 5.10 Å². The van der Waals surface area contributed by atoms with Gasteiger partial charge in [0.05, 0.1) is 11.9 Å². The van der Waals surface area contributed by atoms with Gasteiger partial charge in [-0.3, -0.25) is 9.48 Å². The van der Waals surface area contributed by atoms with Gasteiger partial charge in [0.15, 0.2) is 0 Å². The van der Waals surface area contributed by atoms with E-state index in [0.717, 1.165) is 35.3 Å². The van der Waals surface area contributed by atoms with Crippen LogP contribution in [0, 0.1) is 0 Å². The number of aromatic nitrogens is 2. The smallest absolute Gasteiger partial charge is 0.241 e. The summed E-state index contributed by atoms with van der Waals surface area (Å²) in [7, 11) is 0. The van der Waals surface area contributed by atoms with Crippen molar-refractivity contribution >= 4 is 5.91 Å². The summed E-state index contributed by atoms with van der Waals surface area (Å²) in [5, 5.41) is 7.63. The van der Waals surface area contributed by atoms with E-state index in [-0.39, 0.29) is 12.5 Å². The molecule has 156 valence electrons. The van der Waals surface area contributed by atoms with Gasteiger partial charge < -0.3 is 10.2 Å². The third-order valence-corrected chi connectivity index (χ3v) is 5.69. The van der Waals surface area contributed by atoms with Crippen molar-refractivity contribution < 1.29 is 4.79 Å². The van der Waals surface area contributed by atoms with E-state index in [9.17, 15) is 4.79 Å².